The van der Waals surface area contributed by atoms with Gasteiger partial charge in [0.05, 0.1) is 20.3 Å². The summed E-state index contributed by atoms with van der Waals surface area (Å²) >= 11 is 0. The molecule has 122 valence electrons. The number of carbonyl (C=O) groups is 1. The van der Waals surface area contributed by atoms with Crippen LogP contribution in [0.1, 0.15) is 40.5 Å². The Morgan fingerprint density at radius 3 is 2.33 bits per heavy atom. The van der Waals surface area contributed by atoms with Crippen LogP contribution in [0.2, 0.25) is 19.6 Å². The van der Waals surface area contributed by atoms with Crippen LogP contribution in [0.25, 0.3) is 0 Å². The summed E-state index contributed by atoms with van der Waals surface area (Å²) in [6.45, 7) is 13.8. The summed E-state index contributed by atoms with van der Waals surface area (Å²) in [5, 5.41) is 0.563. The maximum Gasteiger partial charge on any atom is 0.339 e. The van der Waals surface area contributed by atoms with E-state index in [0.29, 0.717) is 11.1 Å². The molecule has 0 radical (unpaired) electrons. The van der Waals surface area contributed by atoms with Crippen LogP contribution in [0.5, 0.6) is 0 Å². The monoisotopic (exact) mass is 316 g/mol. The van der Waals surface area contributed by atoms with Gasteiger partial charge in [-0.05, 0) is 31.4 Å². The van der Waals surface area contributed by atoms with Crippen LogP contribution in [0, 0.1) is 5.92 Å². The first-order valence-electron chi connectivity index (χ1n) is 7.77. The van der Waals surface area contributed by atoms with Crippen molar-refractivity contribution in [3.8, 4) is 0 Å². The van der Waals surface area contributed by atoms with Crippen molar-refractivity contribution in [2.75, 3.05) is 0 Å². The maximum atomic E-state index is 14.6. The van der Waals surface area contributed by atoms with Crippen molar-refractivity contribution in [1.29, 1.82) is 0 Å². The van der Waals surface area contributed by atoms with E-state index in [9.17, 15) is 9.18 Å². The molecule has 0 fully saturated rings. The van der Waals surface area contributed by atoms with E-state index in [2.05, 4.69) is 13.8 Å². The average molecular weight is 316 g/mol. The van der Waals surface area contributed by atoms with E-state index < -0.39 is 20.1 Å². The van der Waals surface area contributed by atoms with Gasteiger partial charge in [-0.2, -0.15) is 0 Å². The van der Waals surface area contributed by atoms with Crippen LogP contribution in [0.15, 0.2) is 11.0 Å². The second-order valence-electron chi connectivity index (χ2n) is 7.53. The number of rotatable bonds is 5. The van der Waals surface area contributed by atoms with Crippen molar-refractivity contribution in [2.24, 2.45) is 5.92 Å². The first kappa shape index (κ1) is 18.4. The number of halogens is 1. The Hall–Kier alpha value is -0.683. The number of hydrogen-bond acceptors (Lipinski definition) is 3. The highest BCUT2D eigenvalue weighted by Gasteiger charge is 2.42. The molecule has 5 heteroatoms. The molecule has 3 nitrogen and oxygen atoms in total. The maximum absolute atomic E-state index is 14.6. The zero-order valence-corrected chi connectivity index (χ0v) is 15.3. The average Bonchev–Trinajstić information content (AvgIpc) is 2.23. The third-order valence-electron chi connectivity index (χ3n) is 3.40. The standard InChI is InChI=1S/C16H29FO3Si/c1-10(2)8-12-9-13(17)15(21(5,6)7)14(20-12)16(18)19-11(3)4/h10-12,14H,8-9H2,1-7H3/t12-,14+/m1/s1. The fraction of sp³-hybridized carbons (Fsp3) is 0.812. The van der Waals surface area contributed by atoms with Gasteiger partial charge >= 0.3 is 5.97 Å². The summed E-state index contributed by atoms with van der Waals surface area (Å²) in [5.41, 5.74) is 0. The van der Waals surface area contributed by atoms with Gasteiger partial charge < -0.3 is 9.47 Å². The zero-order chi connectivity index (χ0) is 16.4. The van der Waals surface area contributed by atoms with Gasteiger partial charge in [0.1, 0.15) is 5.83 Å². The van der Waals surface area contributed by atoms with Crippen LogP contribution >= 0.6 is 0 Å². The highest BCUT2D eigenvalue weighted by atomic mass is 28.3. The summed E-state index contributed by atoms with van der Waals surface area (Å²) in [4.78, 5) is 12.3. The van der Waals surface area contributed by atoms with Crippen LogP contribution < -0.4 is 0 Å². The summed E-state index contributed by atoms with van der Waals surface area (Å²) in [6, 6.07) is 0. The van der Waals surface area contributed by atoms with Gasteiger partial charge in [-0.25, -0.2) is 9.18 Å². The lowest BCUT2D eigenvalue weighted by molar-refractivity contribution is -0.163. The molecule has 0 spiro atoms. The van der Waals surface area contributed by atoms with Gasteiger partial charge in [0.25, 0.3) is 0 Å². The van der Waals surface area contributed by atoms with E-state index in [1.165, 1.54) is 0 Å². The fourth-order valence-electron chi connectivity index (χ4n) is 2.69. The molecule has 0 saturated carbocycles. The second kappa shape index (κ2) is 7.05. The van der Waals surface area contributed by atoms with Crippen LogP contribution in [0.4, 0.5) is 4.39 Å². The van der Waals surface area contributed by atoms with E-state index in [1.54, 1.807) is 13.8 Å². The Labute approximate surface area is 128 Å². The normalized spacial score (nSPS) is 23.9. The molecule has 0 aromatic rings. The molecule has 0 aromatic heterocycles. The molecule has 0 bridgehead atoms. The largest absolute Gasteiger partial charge is 0.461 e. The van der Waals surface area contributed by atoms with Crippen molar-refractivity contribution in [1.82, 2.24) is 0 Å². The molecule has 0 unspecified atom stereocenters. The van der Waals surface area contributed by atoms with Crippen molar-refractivity contribution < 1.29 is 18.7 Å². The minimum Gasteiger partial charge on any atom is -0.461 e. The Morgan fingerprint density at radius 1 is 1.33 bits per heavy atom. The summed E-state index contributed by atoms with van der Waals surface area (Å²) in [5.74, 6) is -0.208. The molecule has 0 amide bonds. The number of hydrogen-bond donors (Lipinski definition) is 0. The highest BCUT2D eigenvalue weighted by Crippen LogP contribution is 2.35. The Morgan fingerprint density at radius 2 is 1.90 bits per heavy atom. The van der Waals surface area contributed by atoms with Gasteiger partial charge in [0.15, 0.2) is 6.10 Å². The van der Waals surface area contributed by atoms with E-state index in [4.69, 9.17) is 9.47 Å². The minimum atomic E-state index is -1.99. The van der Waals surface area contributed by atoms with Crippen molar-refractivity contribution >= 4 is 14.0 Å². The highest BCUT2D eigenvalue weighted by molar-refractivity contribution is 6.83. The molecular formula is C16H29FO3Si. The van der Waals surface area contributed by atoms with Crippen molar-refractivity contribution in [3.05, 3.63) is 11.0 Å². The van der Waals surface area contributed by atoms with Crippen LogP contribution in [-0.4, -0.2) is 32.4 Å². The molecule has 0 saturated heterocycles. The predicted octanol–water partition coefficient (Wildman–Crippen LogP) is 4.24. The van der Waals surface area contributed by atoms with Gasteiger partial charge in [0.2, 0.25) is 0 Å². The van der Waals surface area contributed by atoms with Crippen molar-refractivity contribution in [3.63, 3.8) is 0 Å². The molecule has 0 aliphatic carbocycles. The summed E-state index contributed by atoms with van der Waals surface area (Å²) in [7, 11) is -1.99. The quantitative estimate of drug-likeness (QED) is 0.562. The van der Waals surface area contributed by atoms with Gasteiger partial charge in [-0.15, -0.1) is 0 Å². The van der Waals surface area contributed by atoms with E-state index >= 15 is 0 Å². The Kier molecular flexibility index (Phi) is 6.17. The van der Waals surface area contributed by atoms with E-state index in [-0.39, 0.29) is 24.5 Å². The fourth-order valence-corrected chi connectivity index (χ4v) is 4.58. The first-order chi connectivity index (χ1) is 9.52. The molecule has 0 aromatic carbocycles. The van der Waals surface area contributed by atoms with Crippen molar-refractivity contribution in [2.45, 2.75) is 78.5 Å². The van der Waals surface area contributed by atoms with Gasteiger partial charge in [-0.1, -0.05) is 33.5 Å². The van der Waals surface area contributed by atoms with Crippen LogP contribution in [-0.2, 0) is 14.3 Å². The third kappa shape index (κ3) is 5.22. The smallest absolute Gasteiger partial charge is 0.339 e. The lowest BCUT2D eigenvalue weighted by Crippen LogP contribution is -2.45. The molecule has 1 aliphatic rings. The van der Waals surface area contributed by atoms with E-state index in [0.717, 1.165) is 6.42 Å². The predicted molar refractivity (Wildman–Crippen MR) is 85.4 cm³/mol. The Balaban J connectivity index is 3.07. The number of ether oxygens (including phenoxy) is 2. The van der Waals surface area contributed by atoms with Crippen LogP contribution in [0.3, 0.4) is 0 Å². The zero-order valence-electron chi connectivity index (χ0n) is 14.3. The third-order valence-corrected chi connectivity index (χ3v) is 5.55. The first-order valence-corrected chi connectivity index (χ1v) is 11.3. The lowest BCUT2D eigenvalue weighted by Gasteiger charge is -2.36. The summed E-state index contributed by atoms with van der Waals surface area (Å²) in [6.07, 6.45) is -0.301. The van der Waals surface area contributed by atoms with Gasteiger partial charge in [0, 0.05) is 6.42 Å². The molecule has 1 rings (SSSR count). The molecule has 21 heavy (non-hydrogen) atoms. The van der Waals surface area contributed by atoms with E-state index in [1.807, 2.05) is 19.6 Å². The molecular weight excluding hydrogens is 287 g/mol. The number of esters is 1. The second-order valence-corrected chi connectivity index (χ2v) is 12.6. The topological polar surface area (TPSA) is 35.5 Å². The number of carbonyl (C=O) groups excluding carboxylic acids is 1. The minimum absolute atomic E-state index is 0.156. The Bertz CT molecular complexity index is 410. The molecule has 1 aliphatic heterocycles. The lowest BCUT2D eigenvalue weighted by atomic mass is 10.00. The molecule has 2 atom stereocenters. The SMILES string of the molecule is CC(C)C[C@@H]1CC(F)=C([Si](C)(C)C)[C@@H](C(=O)OC(C)C)O1. The summed E-state index contributed by atoms with van der Waals surface area (Å²) < 4.78 is 25.8. The molecule has 1 heterocycles. The van der Waals surface area contributed by atoms with Gasteiger partial charge in [-0.3, -0.25) is 0 Å². The molecule has 0 N–H and O–H groups in total.